The largest absolute Gasteiger partial charge is 0.379 e. The Bertz CT molecular complexity index is 1310. The van der Waals surface area contributed by atoms with E-state index < -0.39 is 11.6 Å². The molecular weight excluding hydrogens is 480 g/mol. The highest BCUT2D eigenvalue weighted by atomic mass is 35.5. The smallest absolute Gasteiger partial charge is 0.260 e. The lowest BCUT2D eigenvalue weighted by atomic mass is 10.1. The molecule has 3 aromatic carbocycles. The number of carbonyl (C=O) groups is 1. The van der Waals surface area contributed by atoms with Crippen LogP contribution in [-0.4, -0.2) is 55.2 Å². The molecule has 1 aliphatic rings. The molecule has 9 heteroatoms. The summed E-state index contributed by atoms with van der Waals surface area (Å²) in [5.74, 6) is -1.59. The van der Waals surface area contributed by atoms with E-state index in [2.05, 4.69) is 9.88 Å². The van der Waals surface area contributed by atoms with Crippen molar-refractivity contribution in [1.29, 1.82) is 0 Å². The molecule has 0 aliphatic carbocycles. The number of amides is 1. The second-order valence-electron chi connectivity index (χ2n) is 8.06. The van der Waals surface area contributed by atoms with Crippen LogP contribution in [0.4, 0.5) is 13.9 Å². The van der Waals surface area contributed by atoms with E-state index in [0.717, 1.165) is 54.2 Å². The minimum absolute atomic E-state index is 0. The van der Waals surface area contributed by atoms with Gasteiger partial charge in [-0.15, -0.1) is 12.4 Å². The molecule has 0 bridgehead atoms. The maximum Gasteiger partial charge on any atom is 0.260 e. The van der Waals surface area contributed by atoms with E-state index in [1.54, 1.807) is 11.0 Å². The number of anilines is 1. The first kappa shape index (κ1) is 24.5. The summed E-state index contributed by atoms with van der Waals surface area (Å²) in [5.41, 5.74) is 0.617. The Morgan fingerprint density at radius 3 is 2.62 bits per heavy atom. The van der Waals surface area contributed by atoms with Gasteiger partial charge < -0.3 is 4.74 Å². The molecule has 1 saturated heterocycles. The van der Waals surface area contributed by atoms with Gasteiger partial charge in [0, 0.05) is 37.8 Å². The maximum absolute atomic E-state index is 14.3. The first-order valence-corrected chi connectivity index (χ1v) is 11.8. The van der Waals surface area contributed by atoms with E-state index in [9.17, 15) is 13.6 Å². The summed E-state index contributed by atoms with van der Waals surface area (Å²) in [7, 11) is 0. The molecule has 2 heterocycles. The van der Waals surface area contributed by atoms with E-state index in [1.165, 1.54) is 6.07 Å². The second kappa shape index (κ2) is 10.7. The molecular formula is C25H24ClF2N3O2S. The fourth-order valence-corrected chi connectivity index (χ4v) is 5.13. The van der Waals surface area contributed by atoms with E-state index in [4.69, 9.17) is 4.74 Å². The third kappa shape index (κ3) is 5.20. The molecule has 5 rings (SSSR count). The number of hydrogen-bond acceptors (Lipinski definition) is 5. The minimum atomic E-state index is -0.723. The summed E-state index contributed by atoms with van der Waals surface area (Å²) in [6, 6.07) is 15.5. The Hall–Kier alpha value is -2.65. The van der Waals surface area contributed by atoms with Crippen LogP contribution in [0.2, 0.25) is 0 Å². The predicted octanol–water partition coefficient (Wildman–Crippen LogP) is 5.52. The highest BCUT2D eigenvalue weighted by molar-refractivity contribution is 7.22. The Morgan fingerprint density at radius 1 is 1.06 bits per heavy atom. The maximum atomic E-state index is 14.3. The number of rotatable bonds is 6. The highest BCUT2D eigenvalue weighted by Gasteiger charge is 2.23. The average Bonchev–Trinajstić information content (AvgIpc) is 3.26. The lowest BCUT2D eigenvalue weighted by Gasteiger charge is -2.27. The zero-order valence-electron chi connectivity index (χ0n) is 18.4. The van der Waals surface area contributed by atoms with Crippen molar-refractivity contribution in [3.8, 4) is 0 Å². The molecule has 0 radical (unpaired) electrons. The molecule has 0 spiro atoms. The van der Waals surface area contributed by atoms with Crippen LogP contribution in [0.1, 0.15) is 16.8 Å². The predicted molar refractivity (Wildman–Crippen MR) is 134 cm³/mol. The van der Waals surface area contributed by atoms with Crippen LogP contribution in [0.25, 0.3) is 21.0 Å². The van der Waals surface area contributed by atoms with Crippen LogP contribution in [-0.2, 0) is 4.74 Å². The zero-order valence-corrected chi connectivity index (χ0v) is 20.0. The molecule has 5 nitrogen and oxygen atoms in total. The van der Waals surface area contributed by atoms with Gasteiger partial charge in [-0.05, 0) is 35.4 Å². The van der Waals surface area contributed by atoms with Crippen LogP contribution < -0.4 is 4.90 Å². The van der Waals surface area contributed by atoms with Gasteiger partial charge in [0.05, 0.1) is 17.9 Å². The van der Waals surface area contributed by atoms with Gasteiger partial charge in [-0.2, -0.15) is 0 Å². The molecule has 0 atom stereocenters. The summed E-state index contributed by atoms with van der Waals surface area (Å²) < 4.78 is 33.8. The first-order chi connectivity index (χ1) is 16.1. The van der Waals surface area contributed by atoms with Crippen LogP contribution in [0.5, 0.6) is 0 Å². The number of nitrogens with zero attached hydrogens (tertiary/aromatic N) is 3. The quantitative estimate of drug-likeness (QED) is 0.347. The van der Waals surface area contributed by atoms with Crippen molar-refractivity contribution in [1.82, 2.24) is 9.88 Å². The highest BCUT2D eigenvalue weighted by Crippen LogP contribution is 2.32. The van der Waals surface area contributed by atoms with Crippen molar-refractivity contribution >= 4 is 55.8 Å². The summed E-state index contributed by atoms with van der Waals surface area (Å²) in [6.07, 6.45) is 0.728. The monoisotopic (exact) mass is 503 g/mol. The van der Waals surface area contributed by atoms with Gasteiger partial charge in [0.25, 0.3) is 5.91 Å². The molecule has 0 unspecified atom stereocenters. The molecule has 178 valence electrons. The van der Waals surface area contributed by atoms with Crippen molar-refractivity contribution in [2.45, 2.75) is 6.42 Å². The van der Waals surface area contributed by atoms with Gasteiger partial charge in [0.2, 0.25) is 0 Å². The van der Waals surface area contributed by atoms with Gasteiger partial charge in [-0.25, -0.2) is 13.8 Å². The number of ether oxygens (including phenoxy) is 1. The number of aromatic nitrogens is 1. The van der Waals surface area contributed by atoms with E-state index in [1.807, 2.05) is 36.4 Å². The minimum Gasteiger partial charge on any atom is -0.379 e. The number of benzene rings is 3. The third-order valence-electron chi connectivity index (χ3n) is 5.83. The number of halogens is 3. The number of carbonyl (C=O) groups excluding carboxylic acids is 1. The number of thiazole rings is 1. The lowest BCUT2D eigenvalue weighted by molar-refractivity contribution is 0.0376. The summed E-state index contributed by atoms with van der Waals surface area (Å²) >= 11 is 1.13. The van der Waals surface area contributed by atoms with Gasteiger partial charge in [0.1, 0.15) is 11.3 Å². The standard InChI is InChI=1S/C25H23F2N3O2S.ClH/c26-20-15-21(27)23-22(16-20)33-25(28-23)30(9-3-8-29-10-12-32-13-11-29)24(31)19-7-6-17-4-1-2-5-18(17)14-19;/h1-2,4-7,14-16H,3,8-13H2;1H. The molecule has 0 saturated carbocycles. The van der Waals surface area contributed by atoms with Crippen LogP contribution in [0.3, 0.4) is 0 Å². The normalized spacial score (nSPS) is 14.3. The lowest BCUT2D eigenvalue weighted by Crippen LogP contribution is -2.39. The molecule has 4 aromatic rings. The van der Waals surface area contributed by atoms with Crippen LogP contribution >= 0.6 is 23.7 Å². The molecule has 1 aliphatic heterocycles. The zero-order chi connectivity index (χ0) is 22.8. The number of hydrogen-bond donors (Lipinski definition) is 0. The fourth-order valence-electron chi connectivity index (χ4n) is 4.10. The average molecular weight is 504 g/mol. The molecule has 1 amide bonds. The first-order valence-electron chi connectivity index (χ1n) is 10.9. The second-order valence-corrected chi connectivity index (χ2v) is 9.07. The Labute approximate surface area is 206 Å². The van der Waals surface area contributed by atoms with Gasteiger partial charge in [-0.3, -0.25) is 14.6 Å². The Kier molecular flexibility index (Phi) is 7.73. The Morgan fingerprint density at radius 2 is 1.82 bits per heavy atom. The van der Waals surface area contributed by atoms with Crippen molar-refractivity contribution in [3.63, 3.8) is 0 Å². The Balaban J connectivity index is 0.00000274. The number of morpholine rings is 1. The topological polar surface area (TPSA) is 45.7 Å². The van der Waals surface area contributed by atoms with Gasteiger partial charge in [-0.1, -0.05) is 41.7 Å². The van der Waals surface area contributed by atoms with Crippen molar-refractivity contribution in [2.24, 2.45) is 0 Å². The van der Waals surface area contributed by atoms with Crippen LogP contribution in [0.15, 0.2) is 54.6 Å². The summed E-state index contributed by atoms with van der Waals surface area (Å²) in [5, 5.41) is 2.38. The van der Waals surface area contributed by atoms with Gasteiger partial charge >= 0.3 is 0 Å². The van der Waals surface area contributed by atoms with Crippen LogP contribution in [0, 0.1) is 11.6 Å². The summed E-state index contributed by atoms with van der Waals surface area (Å²) in [6.45, 7) is 4.39. The van der Waals surface area contributed by atoms with E-state index in [0.29, 0.717) is 35.2 Å². The van der Waals surface area contributed by atoms with Crippen molar-refractivity contribution in [3.05, 3.63) is 71.8 Å². The summed E-state index contributed by atoms with van der Waals surface area (Å²) in [4.78, 5) is 21.9. The van der Waals surface area contributed by atoms with Crippen molar-refractivity contribution in [2.75, 3.05) is 44.3 Å². The number of fused-ring (bicyclic) bond motifs is 2. The van der Waals surface area contributed by atoms with E-state index in [-0.39, 0.29) is 23.8 Å². The molecule has 34 heavy (non-hydrogen) atoms. The fraction of sp³-hybridized carbons (Fsp3) is 0.280. The van der Waals surface area contributed by atoms with Crippen molar-refractivity contribution < 1.29 is 18.3 Å². The van der Waals surface area contributed by atoms with E-state index >= 15 is 0 Å². The van der Waals surface area contributed by atoms with Gasteiger partial charge in [0.15, 0.2) is 10.9 Å². The third-order valence-corrected chi connectivity index (χ3v) is 6.86. The molecule has 1 aromatic heterocycles. The SMILES string of the molecule is Cl.O=C(c1ccc2ccccc2c1)N(CCCN1CCOCC1)c1nc2c(F)cc(F)cc2s1. The molecule has 0 N–H and O–H groups in total. The molecule has 1 fully saturated rings.